The summed E-state index contributed by atoms with van der Waals surface area (Å²) in [5.41, 5.74) is 1.01. The van der Waals surface area contributed by atoms with E-state index in [1.54, 1.807) is 13.3 Å². The van der Waals surface area contributed by atoms with Crippen molar-refractivity contribution in [2.24, 2.45) is 11.8 Å². The molecule has 2 aromatic heterocycles. The van der Waals surface area contributed by atoms with Crippen LogP contribution in [0.3, 0.4) is 0 Å². The largest absolute Gasteiger partial charge is 0.481 e. The highest BCUT2D eigenvalue weighted by Crippen LogP contribution is 2.40. The molecule has 1 aliphatic heterocycles. The van der Waals surface area contributed by atoms with Gasteiger partial charge in [0.25, 0.3) is 0 Å². The lowest BCUT2D eigenvalue weighted by Gasteiger charge is -2.39. The SMILES string of the molecule is COc1cc(N2C[C@H]3CC[C@@H](C2)C3Nc2nc(Oc3cc(F)cc(Cl)c3)n(CC(F)(F)F)n2)ccn1. The summed E-state index contributed by atoms with van der Waals surface area (Å²) in [6, 6.07) is 6.75. The van der Waals surface area contributed by atoms with Crippen LogP contribution < -0.4 is 19.7 Å². The van der Waals surface area contributed by atoms with E-state index in [0.717, 1.165) is 43.8 Å². The first-order chi connectivity index (χ1) is 17.2. The molecule has 1 saturated carbocycles. The fourth-order valence-electron chi connectivity index (χ4n) is 4.96. The number of methoxy groups -OCH3 is 1. The molecule has 3 atom stereocenters. The van der Waals surface area contributed by atoms with Crippen LogP contribution in [-0.2, 0) is 6.54 Å². The number of piperidine rings is 1. The molecule has 3 aromatic rings. The van der Waals surface area contributed by atoms with Crippen molar-refractivity contribution in [1.29, 1.82) is 0 Å². The molecule has 0 radical (unpaired) electrons. The van der Waals surface area contributed by atoms with Crippen LogP contribution in [0.5, 0.6) is 17.6 Å². The molecule has 192 valence electrons. The van der Waals surface area contributed by atoms with Crippen molar-refractivity contribution in [2.75, 3.05) is 30.4 Å². The molecule has 3 heterocycles. The number of pyridine rings is 1. The minimum atomic E-state index is -4.56. The van der Waals surface area contributed by atoms with Gasteiger partial charge < -0.3 is 19.7 Å². The van der Waals surface area contributed by atoms with Gasteiger partial charge in [0.05, 0.1) is 7.11 Å². The predicted octanol–water partition coefficient (Wildman–Crippen LogP) is 5.16. The zero-order chi connectivity index (χ0) is 25.4. The lowest BCUT2D eigenvalue weighted by molar-refractivity contribution is -0.143. The monoisotopic (exact) mass is 526 g/mol. The number of rotatable bonds is 7. The van der Waals surface area contributed by atoms with Gasteiger partial charge in [0, 0.05) is 48.2 Å². The van der Waals surface area contributed by atoms with Crippen LogP contribution in [-0.4, -0.2) is 52.2 Å². The first kappa shape index (κ1) is 24.4. The summed E-state index contributed by atoms with van der Waals surface area (Å²) in [5.74, 6) is 0.272. The average molecular weight is 527 g/mol. The van der Waals surface area contributed by atoms with E-state index in [1.807, 2.05) is 12.1 Å². The number of anilines is 2. The lowest BCUT2D eigenvalue weighted by Crippen LogP contribution is -2.48. The van der Waals surface area contributed by atoms with E-state index < -0.39 is 24.5 Å². The van der Waals surface area contributed by atoms with Gasteiger partial charge in [0.1, 0.15) is 18.1 Å². The van der Waals surface area contributed by atoms with Gasteiger partial charge >= 0.3 is 12.2 Å². The Kier molecular flexibility index (Phi) is 6.54. The first-order valence-electron chi connectivity index (χ1n) is 11.3. The molecule has 8 nitrogen and oxygen atoms in total. The Labute approximate surface area is 209 Å². The highest BCUT2D eigenvalue weighted by atomic mass is 35.5. The van der Waals surface area contributed by atoms with Crippen LogP contribution in [0.4, 0.5) is 29.2 Å². The molecule has 0 amide bonds. The average Bonchev–Trinajstić information content (AvgIpc) is 3.26. The van der Waals surface area contributed by atoms with Crippen LogP contribution in [0.2, 0.25) is 5.02 Å². The van der Waals surface area contributed by atoms with Gasteiger partial charge in [-0.1, -0.05) is 11.6 Å². The normalized spacial score (nSPS) is 21.5. The number of nitrogens with one attached hydrogen (secondary N) is 1. The summed E-state index contributed by atoms with van der Waals surface area (Å²) in [6.07, 6.45) is -0.922. The Hall–Kier alpha value is -3.28. The number of alkyl halides is 3. The molecule has 1 aliphatic carbocycles. The molecule has 1 N–H and O–H groups in total. The maximum atomic E-state index is 13.7. The van der Waals surface area contributed by atoms with E-state index in [9.17, 15) is 17.6 Å². The zero-order valence-electron chi connectivity index (χ0n) is 19.2. The van der Waals surface area contributed by atoms with E-state index >= 15 is 0 Å². The predicted molar refractivity (Wildman–Crippen MR) is 124 cm³/mol. The van der Waals surface area contributed by atoms with Gasteiger partial charge in [-0.05, 0) is 42.9 Å². The second-order valence-corrected chi connectivity index (χ2v) is 9.36. The third-order valence-electron chi connectivity index (χ3n) is 6.43. The van der Waals surface area contributed by atoms with E-state index in [0.29, 0.717) is 10.6 Å². The number of benzene rings is 1. The van der Waals surface area contributed by atoms with Gasteiger partial charge in [0.2, 0.25) is 11.8 Å². The molecule has 13 heteroatoms. The second kappa shape index (κ2) is 9.64. The number of hydrogen-bond acceptors (Lipinski definition) is 7. The maximum absolute atomic E-state index is 13.7. The topological polar surface area (TPSA) is 77.3 Å². The number of nitrogens with zero attached hydrogens (tertiary/aromatic N) is 5. The molecule has 1 aromatic carbocycles. The summed E-state index contributed by atoms with van der Waals surface area (Å²) >= 11 is 5.84. The van der Waals surface area contributed by atoms with Crippen molar-refractivity contribution in [1.82, 2.24) is 19.7 Å². The minimum absolute atomic E-state index is 0.0109. The summed E-state index contributed by atoms with van der Waals surface area (Å²) in [6.45, 7) is 0.112. The van der Waals surface area contributed by atoms with Crippen molar-refractivity contribution in [3.63, 3.8) is 0 Å². The first-order valence-corrected chi connectivity index (χ1v) is 11.7. The highest BCUT2D eigenvalue weighted by Gasteiger charge is 2.43. The fourth-order valence-corrected chi connectivity index (χ4v) is 5.17. The third-order valence-corrected chi connectivity index (χ3v) is 6.65. The lowest BCUT2D eigenvalue weighted by atomic mass is 9.92. The quantitative estimate of drug-likeness (QED) is 0.426. The zero-order valence-corrected chi connectivity index (χ0v) is 19.9. The Balaban J connectivity index is 1.34. The Morgan fingerprint density at radius 1 is 1.14 bits per heavy atom. The molecular weight excluding hydrogens is 504 g/mol. The van der Waals surface area contributed by atoms with Crippen LogP contribution in [0.15, 0.2) is 36.5 Å². The molecule has 5 rings (SSSR count). The molecule has 2 fully saturated rings. The smallest absolute Gasteiger partial charge is 0.408 e. The van der Waals surface area contributed by atoms with Crippen LogP contribution in [0.25, 0.3) is 0 Å². The fraction of sp³-hybridized carbons (Fsp3) is 0.435. The van der Waals surface area contributed by atoms with Crippen LogP contribution in [0.1, 0.15) is 12.8 Å². The van der Waals surface area contributed by atoms with Gasteiger partial charge in [0.15, 0.2) is 0 Å². The molecular formula is C23H23ClF4N6O2. The van der Waals surface area contributed by atoms with Crippen molar-refractivity contribution in [3.8, 4) is 17.6 Å². The van der Waals surface area contributed by atoms with Gasteiger partial charge in [-0.3, -0.25) is 0 Å². The van der Waals surface area contributed by atoms with Crippen molar-refractivity contribution >= 4 is 23.2 Å². The molecule has 2 bridgehead atoms. The molecule has 0 spiro atoms. The van der Waals surface area contributed by atoms with Gasteiger partial charge in [-0.2, -0.15) is 18.2 Å². The van der Waals surface area contributed by atoms with E-state index in [4.69, 9.17) is 21.1 Å². The molecule has 2 aliphatic rings. The highest BCUT2D eigenvalue weighted by molar-refractivity contribution is 6.30. The number of hydrogen-bond donors (Lipinski definition) is 1. The Morgan fingerprint density at radius 2 is 1.89 bits per heavy atom. The molecule has 36 heavy (non-hydrogen) atoms. The maximum Gasteiger partial charge on any atom is 0.408 e. The van der Waals surface area contributed by atoms with Crippen LogP contribution in [0, 0.1) is 17.7 Å². The number of halogens is 5. The summed E-state index contributed by atoms with van der Waals surface area (Å²) in [4.78, 5) is 10.6. The van der Waals surface area contributed by atoms with Gasteiger partial charge in [-0.25, -0.2) is 14.1 Å². The Morgan fingerprint density at radius 3 is 2.56 bits per heavy atom. The van der Waals surface area contributed by atoms with Crippen molar-refractivity contribution < 1.29 is 27.0 Å². The van der Waals surface area contributed by atoms with E-state index in [2.05, 4.69) is 25.3 Å². The van der Waals surface area contributed by atoms with Crippen LogP contribution >= 0.6 is 11.6 Å². The van der Waals surface area contributed by atoms with E-state index in [1.165, 1.54) is 6.07 Å². The molecule has 1 unspecified atom stereocenters. The third kappa shape index (κ3) is 5.43. The van der Waals surface area contributed by atoms with Crippen molar-refractivity contribution in [3.05, 3.63) is 47.4 Å². The summed E-state index contributed by atoms with van der Waals surface area (Å²) in [7, 11) is 1.57. The second-order valence-electron chi connectivity index (χ2n) is 8.93. The number of aromatic nitrogens is 4. The number of ether oxygens (including phenoxy) is 2. The standard InChI is InChI=1S/C23H23ClF4N6O2/c1-35-19-9-17(4-5-29-19)33-10-13-2-3-14(11-33)20(13)30-21-31-22(34(32-21)12-23(26,27)28)36-18-7-15(24)6-16(25)8-18/h4-9,13-14,20H,2-3,10-12H2,1H3,(H,30,32)/t13-,14+,20?. The number of fused-ring (bicyclic) bond motifs is 2. The summed E-state index contributed by atoms with van der Waals surface area (Å²) < 4.78 is 64.5. The minimum Gasteiger partial charge on any atom is -0.481 e. The van der Waals surface area contributed by atoms with Crippen molar-refractivity contribution in [2.45, 2.75) is 31.6 Å². The Bertz CT molecular complexity index is 1210. The van der Waals surface area contributed by atoms with Gasteiger partial charge in [-0.15, -0.1) is 5.10 Å². The van der Waals surface area contributed by atoms with E-state index in [-0.39, 0.29) is 34.6 Å². The molecule has 1 saturated heterocycles. The summed E-state index contributed by atoms with van der Waals surface area (Å²) in [5, 5.41) is 7.29.